The van der Waals surface area contributed by atoms with Gasteiger partial charge in [-0.2, -0.15) is 5.26 Å². The number of para-hydroxylation sites is 1. The third-order valence-electron chi connectivity index (χ3n) is 9.93. The SMILES string of the molecule is CCCC(C)C1c2c(cc(OC)c(OC)c2OC)C[C@@H](CCC[C@](C#N)(c2ccc(OC)c(OC)c2)C(C)C)N1c1ccccc1. The second-order valence-electron chi connectivity index (χ2n) is 12.7. The Morgan fingerprint density at radius 1 is 0.848 bits per heavy atom. The van der Waals surface area contributed by atoms with Crippen LogP contribution in [0, 0.1) is 23.2 Å². The molecule has 2 unspecified atom stereocenters. The first-order chi connectivity index (χ1) is 22.2. The second kappa shape index (κ2) is 15.5. The van der Waals surface area contributed by atoms with Gasteiger partial charge in [-0.25, -0.2) is 0 Å². The lowest BCUT2D eigenvalue weighted by molar-refractivity contribution is 0.294. The van der Waals surface area contributed by atoms with Crippen LogP contribution in [0.5, 0.6) is 28.7 Å². The van der Waals surface area contributed by atoms with E-state index in [0.29, 0.717) is 28.9 Å². The maximum atomic E-state index is 10.8. The van der Waals surface area contributed by atoms with Gasteiger partial charge in [-0.3, -0.25) is 0 Å². The van der Waals surface area contributed by atoms with E-state index < -0.39 is 5.41 Å². The Morgan fingerprint density at radius 2 is 1.52 bits per heavy atom. The molecule has 0 fully saturated rings. The quantitative estimate of drug-likeness (QED) is 0.166. The first-order valence-corrected chi connectivity index (χ1v) is 16.5. The summed E-state index contributed by atoms with van der Waals surface area (Å²) in [6.45, 7) is 8.88. The molecule has 3 aromatic carbocycles. The van der Waals surface area contributed by atoms with Crippen molar-refractivity contribution in [3.8, 4) is 34.8 Å². The zero-order valence-corrected chi connectivity index (χ0v) is 29.2. The van der Waals surface area contributed by atoms with Crippen molar-refractivity contribution in [3.63, 3.8) is 0 Å². The lowest BCUT2D eigenvalue weighted by Gasteiger charge is -2.48. The minimum absolute atomic E-state index is 0.0718. The smallest absolute Gasteiger partial charge is 0.203 e. The Morgan fingerprint density at radius 3 is 2.09 bits per heavy atom. The van der Waals surface area contributed by atoms with E-state index in [1.807, 2.05) is 18.2 Å². The highest BCUT2D eigenvalue weighted by molar-refractivity contribution is 5.65. The molecule has 1 aliphatic rings. The summed E-state index contributed by atoms with van der Waals surface area (Å²) in [5.74, 6) is 3.83. The van der Waals surface area contributed by atoms with Crippen LogP contribution >= 0.6 is 0 Å². The molecule has 7 nitrogen and oxygen atoms in total. The molecule has 1 aliphatic heterocycles. The molecule has 0 saturated carbocycles. The molecular weight excluding hydrogens is 576 g/mol. The largest absolute Gasteiger partial charge is 0.493 e. The average Bonchev–Trinajstić information content (AvgIpc) is 3.08. The minimum atomic E-state index is -0.668. The molecule has 46 heavy (non-hydrogen) atoms. The third kappa shape index (κ3) is 6.58. The first kappa shape index (κ1) is 34.8. The van der Waals surface area contributed by atoms with Crippen molar-refractivity contribution in [2.45, 2.75) is 83.7 Å². The summed E-state index contributed by atoms with van der Waals surface area (Å²) in [7, 11) is 8.35. The van der Waals surface area contributed by atoms with E-state index >= 15 is 0 Å². The van der Waals surface area contributed by atoms with Gasteiger partial charge in [0.25, 0.3) is 0 Å². The predicted octanol–water partition coefficient (Wildman–Crippen LogP) is 8.93. The van der Waals surface area contributed by atoms with E-state index in [0.717, 1.165) is 49.8 Å². The highest BCUT2D eigenvalue weighted by Crippen LogP contribution is 2.53. The Bertz CT molecular complexity index is 1480. The number of hydrogen-bond acceptors (Lipinski definition) is 7. The van der Waals surface area contributed by atoms with Gasteiger partial charge in [0.2, 0.25) is 5.75 Å². The molecule has 0 N–H and O–H groups in total. The molecule has 248 valence electrons. The van der Waals surface area contributed by atoms with Gasteiger partial charge in [-0.15, -0.1) is 0 Å². The van der Waals surface area contributed by atoms with Crippen molar-refractivity contribution in [3.05, 3.63) is 71.3 Å². The molecule has 0 saturated heterocycles. The van der Waals surface area contributed by atoms with E-state index in [-0.39, 0.29) is 18.0 Å². The van der Waals surface area contributed by atoms with Gasteiger partial charge in [-0.05, 0) is 85.4 Å². The van der Waals surface area contributed by atoms with Crippen LogP contribution in [0.4, 0.5) is 5.69 Å². The monoisotopic (exact) mass is 628 g/mol. The Kier molecular flexibility index (Phi) is 11.7. The number of methoxy groups -OCH3 is 5. The van der Waals surface area contributed by atoms with E-state index in [4.69, 9.17) is 23.7 Å². The Balaban J connectivity index is 1.79. The fourth-order valence-electron chi connectivity index (χ4n) is 7.57. The molecule has 4 rings (SSSR count). The number of nitrogens with zero attached hydrogens (tertiary/aromatic N) is 2. The number of nitriles is 1. The van der Waals surface area contributed by atoms with E-state index in [2.05, 4.69) is 75.1 Å². The fourth-order valence-corrected chi connectivity index (χ4v) is 7.57. The molecule has 0 radical (unpaired) electrons. The second-order valence-corrected chi connectivity index (χ2v) is 12.7. The topological polar surface area (TPSA) is 73.2 Å². The van der Waals surface area contributed by atoms with Crippen LogP contribution in [0.2, 0.25) is 0 Å². The number of rotatable bonds is 15. The normalized spacial score (nSPS) is 17.8. The molecule has 0 bridgehead atoms. The van der Waals surface area contributed by atoms with Crippen LogP contribution < -0.4 is 28.6 Å². The summed E-state index contributed by atoms with van der Waals surface area (Å²) in [6.07, 6.45) is 5.51. The van der Waals surface area contributed by atoms with E-state index in [9.17, 15) is 5.26 Å². The van der Waals surface area contributed by atoms with Crippen molar-refractivity contribution in [2.75, 3.05) is 40.4 Å². The number of anilines is 1. The van der Waals surface area contributed by atoms with Crippen molar-refractivity contribution >= 4 is 5.69 Å². The lowest BCUT2D eigenvalue weighted by atomic mass is 9.69. The highest BCUT2D eigenvalue weighted by Gasteiger charge is 2.42. The summed E-state index contributed by atoms with van der Waals surface area (Å²) in [5, 5.41) is 10.8. The van der Waals surface area contributed by atoms with Gasteiger partial charge in [-0.1, -0.05) is 58.4 Å². The van der Waals surface area contributed by atoms with Gasteiger partial charge in [0, 0.05) is 17.3 Å². The van der Waals surface area contributed by atoms with Gasteiger partial charge in [0.1, 0.15) is 0 Å². The zero-order chi connectivity index (χ0) is 33.4. The molecule has 7 heteroatoms. The summed E-state index contributed by atoms with van der Waals surface area (Å²) >= 11 is 0. The fraction of sp³-hybridized carbons (Fsp3) is 0.513. The molecule has 0 aromatic heterocycles. The molecule has 4 atom stereocenters. The summed E-state index contributed by atoms with van der Waals surface area (Å²) in [6, 6.07) is 21.8. The van der Waals surface area contributed by atoms with Gasteiger partial charge in [0.15, 0.2) is 23.0 Å². The highest BCUT2D eigenvalue weighted by atomic mass is 16.5. The summed E-state index contributed by atoms with van der Waals surface area (Å²) < 4.78 is 28.9. The number of benzene rings is 3. The number of ether oxygens (including phenoxy) is 5. The van der Waals surface area contributed by atoms with Gasteiger partial charge >= 0.3 is 0 Å². The van der Waals surface area contributed by atoms with Gasteiger partial charge < -0.3 is 28.6 Å². The summed E-state index contributed by atoms with van der Waals surface area (Å²) in [5.41, 5.74) is 3.90. The number of fused-ring (bicyclic) bond motifs is 1. The average molecular weight is 629 g/mol. The molecule has 0 amide bonds. The van der Waals surface area contributed by atoms with Crippen molar-refractivity contribution in [1.82, 2.24) is 0 Å². The standard InChI is InChI=1S/C39H52N2O5/c1-10-15-27(4)36-35-28(23-34(44-7)37(45-8)38(35)46-9)22-31(41(36)30-16-12-11-13-17-30)18-14-21-39(25-40,26(2)3)29-19-20-32(42-5)33(24-29)43-6/h11-13,16-17,19-20,23-24,26-27,31,36H,10,14-15,18,21-22H2,1-9H3/t27?,31-,36?,39-/m1/s1. The Labute approximate surface area is 276 Å². The number of hydrogen-bond donors (Lipinski definition) is 0. The summed E-state index contributed by atoms with van der Waals surface area (Å²) in [4.78, 5) is 2.62. The molecule has 1 heterocycles. The van der Waals surface area contributed by atoms with Crippen LogP contribution in [-0.2, 0) is 11.8 Å². The van der Waals surface area contributed by atoms with E-state index in [1.54, 1.807) is 35.5 Å². The van der Waals surface area contributed by atoms with Crippen LogP contribution in [0.3, 0.4) is 0 Å². The van der Waals surface area contributed by atoms with E-state index in [1.165, 1.54) is 16.8 Å². The van der Waals surface area contributed by atoms with Crippen molar-refractivity contribution in [2.24, 2.45) is 11.8 Å². The predicted molar refractivity (Wildman–Crippen MR) is 185 cm³/mol. The van der Waals surface area contributed by atoms with Crippen LogP contribution in [0.15, 0.2) is 54.6 Å². The maximum Gasteiger partial charge on any atom is 0.203 e. The lowest BCUT2D eigenvalue weighted by Crippen LogP contribution is -2.47. The molecular formula is C39H52N2O5. The zero-order valence-electron chi connectivity index (χ0n) is 29.2. The third-order valence-corrected chi connectivity index (χ3v) is 9.93. The first-order valence-electron chi connectivity index (χ1n) is 16.5. The molecule has 3 aromatic rings. The minimum Gasteiger partial charge on any atom is -0.493 e. The van der Waals surface area contributed by atoms with Crippen LogP contribution in [0.25, 0.3) is 0 Å². The van der Waals surface area contributed by atoms with Crippen molar-refractivity contribution < 1.29 is 23.7 Å². The Hall–Kier alpha value is -4.05. The molecule has 0 aliphatic carbocycles. The van der Waals surface area contributed by atoms with Crippen LogP contribution in [-0.4, -0.2) is 41.6 Å². The van der Waals surface area contributed by atoms with Gasteiger partial charge in [0.05, 0.1) is 53.1 Å². The maximum absolute atomic E-state index is 10.8. The van der Waals surface area contributed by atoms with Crippen molar-refractivity contribution in [1.29, 1.82) is 5.26 Å². The molecule has 0 spiro atoms. The van der Waals surface area contributed by atoms with Crippen LogP contribution in [0.1, 0.15) is 82.5 Å².